The lowest BCUT2D eigenvalue weighted by molar-refractivity contribution is -0.117. The molecule has 0 spiro atoms. The molecule has 0 saturated carbocycles. The zero-order valence-electron chi connectivity index (χ0n) is 20.2. The Hall–Kier alpha value is -2.74. The second kappa shape index (κ2) is 10.9. The minimum atomic E-state index is -0.435. The first-order valence-electron chi connectivity index (χ1n) is 11.0. The van der Waals surface area contributed by atoms with Gasteiger partial charge in [0.25, 0.3) is 0 Å². The van der Waals surface area contributed by atoms with Crippen LogP contribution < -0.4 is 10.6 Å². The van der Waals surface area contributed by atoms with Crippen LogP contribution in [0.4, 0.5) is 16.3 Å². The Bertz CT molecular complexity index is 1220. The number of nitrogens with zero attached hydrogens (tertiary/aromatic N) is 3. The van der Waals surface area contributed by atoms with Gasteiger partial charge >= 0.3 is 6.03 Å². The molecule has 186 valence electrons. The van der Waals surface area contributed by atoms with E-state index in [-0.39, 0.29) is 23.9 Å². The maximum absolute atomic E-state index is 13.0. The number of amides is 3. The van der Waals surface area contributed by atoms with Gasteiger partial charge in [-0.2, -0.15) is 5.10 Å². The van der Waals surface area contributed by atoms with Crippen molar-refractivity contribution in [3.8, 4) is 5.69 Å². The summed E-state index contributed by atoms with van der Waals surface area (Å²) in [6, 6.07) is 13.1. The average molecular weight is 537 g/mol. The van der Waals surface area contributed by atoms with E-state index in [2.05, 4.69) is 10.6 Å². The fourth-order valence-corrected chi connectivity index (χ4v) is 3.63. The van der Waals surface area contributed by atoms with Gasteiger partial charge < -0.3 is 15.5 Å². The van der Waals surface area contributed by atoms with Crippen LogP contribution in [-0.2, 0) is 10.2 Å². The number of hydrogen-bond donors (Lipinski definition) is 2. The highest BCUT2D eigenvalue weighted by molar-refractivity contribution is 6.42. The molecule has 2 N–H and O–H groups in total. The van der Waals surface area contributed by atoms with Crippen LogP contribution in [0, 0.1) is 0 Å². The van der Waals surface area contributed by atoms with Crippen molar-refractivity contribution in [3.63, 3.8) is 0 Å². The number of carbonyl (C=O) groups is 2. The standard InChI is InChI=1S/C25H28Cl3N5O2/c1-15(2)32(24(35)29-17-8-11-19(27)20(28)12-17)14-23(34)30-22-13-21(25(3,4)5)31-33(22)18-9-6-16(26)7-10-18/h6-13,15H,14H2,1-5H3,(H,29,35)(H,30,34). The van der Waals surface area contributed by atoms with E-state index in [9.17, 15) is 9.59 Å². The largest absolute Gasteiger partial charge is 0.322 e. The van der Waals surface area contributed by atoms with Gasteiger partial charge in [-0.25, -0.2) is 9.48 Å². The number of urea groups is 1. The molecule has 10 heteroatoms. The van der Waals surface area contributed by atoms with Crippen LogP contribution in [0.3, 0.4) is 0 Å². The quantitative estimate of drug-likeness (QED) is 0.355. The first-order valence-corrected chi connectivity index (χ1v) is 12.2. The zero-order valence-corrected chi connectivity index (χ0v) is 22.5. The van der Waals surface area contributed by atoms with Gasteiger partial charge in [0, 0.05) is 28.2 Å². The Morgan fingerprint density at radius 2 is 1.63 bits per heavy atom. The lowest BCUT2D eigenvalue weighted by Gasteiger charge is -2.26. The highest BCUT2D eigenvalue weighted by Crippen LogP contribution is 2.27. The number of aromatic nitrogens is 2. The average Bonchev–Trinajstić information content (AvgIpc) is 3.19. The van der Waals surface area contributed by atoms with Crippen molar-refractivity contribution in [3.05, 3.63) is 69.3 Å². The smallest absolute Gasteiger partial charge is 0.313 e. The first-order chi connectivity index (χ1) is 16.3. The molecule has 0 unspecified atom stereocenters. The molecule has 3 rings (SSSR count). The fourth-order valence-electron chi connectivity index (χ4n) is 3.21. The highest BCUT2D eigenvalue weighted by Gasteiger charge is 2.24. The Kier molecular flexibility index (Phi) is 8.36. The van der Waals surface area contributed by atoms with Gasteiger partial charge in [-0.3, -0.25) is 4.79 Å². The maximum atomic E-state index is 13.0. The van der Waals surface area contributed by atoms with E-state index in [1.165, 1.54) is 4.90 Å². The molecule has 0 saturated heterocycles. The summed E-state index contributed by atoms with van der Waals surface area (Å²) in [6.45, 7) is 9.62. The van der Waals surface area contributed by atoms with E-state index >= 15 is 0 Å². The van der Waals surface area contributed by atoms with Gasteiger partial charge in [-0.1, -0.05) is 55.6 Å². The summed E-state index contributed by atoms with van der Waals surface area (Å²) in [5.41, 5.74) is 1.80. The van der Waals surface area contributed by atoms with Crippen LogP contribution in [-0.4, -0.2) is 39.2 Å². The van der Waals surface area contributed by atoms with Crippen molar-refractivity contribution in [1.29, 1.82) is 0 Å². The van der Waals surface area contributed by atoms with Crippen LogP contribution in [0.1, 0.15) is 40.3 Å². The number of carbonyl (C=O) groups excluding carboxylic acids is 2. The lowest BCUT2D eigenvalue weighted by Crippen LogP contribution is -2.44. The second-order valence-electron chi connectivity index (χ2n) is 9.38. The van der Waals surface area contributed by atoms with E-state index in [0.29, 0.717) is 26.6 Å². The van der Waals surface area contributed by atoms with E-state index < -0.39 is 6.03 Å². The van der Waals surface area contributed by atoms with Crippen molar-refractivity contribution in [2.24, 2.45) is 0 Å². The van der Waals surface area contributed by atoms with E-state index in [4.69, 9.17) is 39.9 Å². The molecule has 7 nitrogen and oxygen atoms in total. The molecule has 1 heterocycles. The van der Waals surface area contributed by atoms with Crippen LogP contribution >= 0.6 is 34.8 Å². The molecule has 35 heavy (non-hydrogen) atoms. The van der Waals surface area contributed by atoms with Gasteiger partial charge in [0.2, 0.25) is 5.91 Å². The second-order valence-corrected chi connectivity index (χ2v) is 10.6. The van der Waals surface area contributed by atoms with Crippen molar-refractivity contribution in [1.82, 2.24) is 14.7 Å². The molecule has 0 aliphatic heterocycles. The fraction of sp³-hybridized carbons (Fsp3) is 0.320. The summed E-state index contributed by atoms with van der Waals surface area (Å²) in [5.74, 6) is 0.134. The van der Waals surface area contributed by atoms with E-state index in [1.54, 1.807) is 35.0 Å². The number of anilines is 2. The summed E-state index contributed by atoms with van der Waals surface area (Å²) < 4.78 is 1.66. The SMILES string of the molecule is CC(C)N(CC(=O)Nc1cc(C(C)(C)C)nn1-c1ccc(Cl)cc1)C(=O)Nc1ccc(Cl)c(Cl)c1. The van der Waals surface area contributed by atoms with Crippen LogP contribution in [0.25, 0.3) is 5.69 Å². The number of hydrogen-bond acceptors (Lipinski definition) is 3. The highest BCUT2D eigenvalue weighted by atomic mass is 35.5. The van der Waals surface area contributed by atoms with Crippen molar-refractivity contribution < 1.29 is 9.59 Å². The molecular formula is C25H28Cl3N5O2. The van der Waals surface area contributed by atoms with Crippen LogP contribution in [0.15, 0.2) is 48.5 Å². The van der Waals surface area contributed by atoms with Gasteiger partial charge in [0.1, 0.15) is 12.4 Å². The summed E-state index contributed by atoms with van der Waals surface area (Å²) >= 11 is 18.0. The molecule has 0 aliphatic carbocycles. The zero-order chi connectivity index (χ0) is 25.9. The minimum absolute atomic E-state index is 0.165. The molecule has 3 aromatic rings. The molecule has 0 radical (unpaired) electrons. The number of halogens is 3. The molecular weight excluding hydrogens is 509 g/mol. The molecule has 3 amide bonds. The first kappa shape index (κ1) is 26.9. The predicted octanol–water partition coefficient (Wildman–Crippen LogP) is 7.01. The maximum Gasteiger partial charge on any atom is 0.322 e. The number of benzene rings is 2. The Balaban J connectivity index is 1.80. The number of rotatable bonds is 6. The Morgan fingerprint density at radius 1 is 0.971 bits per heavy atom. The van der Waals surface area contributed by atoms with Gasteiger partial charge in [-0.05, 0) is 56.3 Å². The van der Waals surface area contributed by atoms with Crippen LogP contribution in [0.2, 0.25) is 15.1 Å². The molecule has 0 atom stereocenters. The normalized spacial score (nSPS) is 11.5. The lowest BCUT2D eigenvalue weighted by atomic mass is 9.92. The third-order valence-electron chi connectivity index (χ3n) is 5.19. The van der Waals surface area contributed by atoms with Crippen molar-refractivity contribution in [2.75, 3.05) is 17.2 Å². The molecule has 0 bridgehead atoms. The monoisotopic (exact) mass is 535 g/mol. The third kappa shape index (κ3) is 6.90. The molecule has 2 aromatic carbocycles. The number of nitrogens with one attached hydrogen (secondary N) is 2. The Morgan fingerprint density at radius 3 is 2.20 bits per heavy atom. The summed E-state index contributed by atoms with van der Waals surface area (Å²) in [7, 11) is 0. The minimum Gasteiger partial charge on any atom is -0.313 e. The third-order valence-corrected chi connectivity index (χ3v) is 6.18. The molecule has 0 fully saturated rings. The Labute approximate surface area is 220 Å². The van der Waals surface area contributed by atoms with E-state index in [1.807, 2.05) is 52.8 Å². The summed E-state index contributed by atoms with van der Waals surface area (Å²) in [4.78, 5) is 27.4. The van der Waals surface area contributed by atoms with Gasteiger partial charge in [0.05, 0.1) is 21.4 Å². The predicted molar refractivity (Wildman–Crippen MR) is 143 cm³/mol. The van der Waals surface area contributed by atoms with E-state index in [0.717, 1.165) is 11.4 Å². The van der Waals surface area contributed by atoms with Crippen molar-refractivity contribution in [2.45, 2.75) is 46.1 Å². The van der Waals surface area contributed by atoms with Crippen molar-refractivity contribution >= 4 is 58.2 Å². The summed E-state index contributed by atoms with van der Waals surface area (Å²) in [6.07, 6.45) is 0. The van der Waals surface area contributed by atoms with Gasteiger partial charge in [0.15, 0.2) is 0 Å². The molecule has 0 aliphatic rings. The topological polar surface area (TPSA) is 79.3 Å². The van der Waals surface area contributed by atoms with Crippen LogP contribution in [0.5, 0.6) is 0 Å². The molecule has 1 aromatic heterocycles. The summed E-state index contributed by atoms with van der Waals surface area (Å²) in [5, 5.41) is 11.7. The van der Waals surface area contributed by atoms with Gasteiger partial charge in [-0.15, -0.1) is 0 Å².